The van der Waals surface area contributed by atoms with E-state index in [0.29, 0.717) is 5.66 Å². The van der Waals surface area contributed by atoms with Crippen LogP contribution in [0.4, 0.5) is 0 Å². The first-order valence-corrected chi connectivity index (χ1v) is 8.72. The molecule has 0 spiro atoms. The predicted molar refractivity (Wildman–Crippen MR) is 97.4 cm³/mol. The van der Waals surface area contributed by atoms with Crippen molar-refractivity contribution in [2.75, 3.05) is 0 Å². The largest absolute Gasteiger partial charge is 0.242 e. The van der Waals surface area contributed by atoms with Gasteiger partial charge in [0.15, 0.2) is 0 Å². The summed E-state index contributed by atoms with van der Waals surface area (Å²) < 4.78 is 2.05. The van der Waals surface area contributed by atoms with E-state index < -0.39 is 0 Å². The van der Waals surface area contributed by atoms with Gasteiger partial charge in [-0.05, 0) is 31.4 Å². The Labute approximate surface area is 138 Å². The van der Waals surface area contributed by atoms with E-state index in [1.54, 1.807) is 0 Å². The molecule has 4 heteroatoms. The standard InChI is InChI=1S/C19H20N3P/c1-12(2)22-19-14-8-4-3-7-13(14)11-17(23)15-9-5-6-10-16(15)18(19)20-21-22/h3-10,12,17H,11,23H2,1-2H3. The van der Waals surface area contributed by atoms with Gasteiger partial charge >= 0.3 is 0 Å². The summed E-state index contributed by atoms with van der Waals surface area (Å²) in [5.74, 6) is 0. The van der Waals surface area contributed by atoms with Crippen molar-refractivity contribution in [1.29, 1.82) is 0 Å². The molecule has 116 valence electrons. The Morgan fingerprint density at radius 3 is 2.52 bits per heavy atom. The number of rotatable bonds is 1. The van der Waals surface area contributed by atoms with E-state index in [1.165, 1.54) is 22.3 Å². The molecule has 0 aliphatic heterocycles. The molecule has 2 aromatic carbocycles. The highest BCUT2D eigenvalue weighted by Crippen LogP contribution is 2.43. The van der Waals surface area contributed by atoms with Gasteiger partial charge in [-0.1, -0.05) is 53.7 Å². The smallest absolute Gasteiger partial charge is 0.121 e. The lowest BCUT2D eigenvalue weighted by atomic mass is 9.89. The Morgan fingerprint density at radius 1 is 1.04 bits per heavy atom. The maximum Gasteiger partial charge on any atom is 0.121 e. The van der Waals surface area contributed by atoms with E-state index in [-0.39, 0.29) is 6.04 Å². The third kappa shape index (κ3) is 2.31. The van der Waals surface area contributed by atoms with E-state index >= 15 is 0 Å². The lowest BCUT2D eigenvalue weighted by Crippen LogP contribution is -2.09. The van der Waals surface area contributed by atoms with Crippen LogP contribution in [0.5, 0.6) is 0 Å². The molecule has 0 saturated heterocycles. The first kappa shape index (κ1) is 14.6. The van der Waals surface area contributed by atoms with Crippen molar-refractivity contribution in [3.05, 3.63) is 59.7 Å². The SMILES string of the molecule is CC(C)n1nnc2c1-c1ccccc1CC(P)c1ccccc1-2. The minimum atomic E-state index is 0.276. The van der Waals surface area contributed by atoms with Crippen LogP contribution < -0.4 is 0 Å². The molecule has 0 N–H and O–H groups in total. The second-order valence-electron chi connectivity index (χ2n) is 6.38. The zero-order valence-electron chi connectivity index (χ0n) is 13.4. The van der Waals surface area contributed by atoms with Gasteiger partial charge in [0.2, 0.25) is 0 Å². The van der Waals surface area contributed by atoms with Crippen molar-refractivity contribution >= 4 is 9.24 Å². The molecule has 2 atom stereocenters. The molecule has 1 aliphatic rings. The van der Waals surface area contributed by atoms with Crippen LogP contribution >= 0.6 is 9.24 Å². The monoisotopic (exact) mass is 321 g/mol. The van der Waals surface area contributed by atoms with E-state index in [4.69, 9.17) is 0 Å². The summed E-state index contributed by atoms with van der Waals surface area (Å²) in [5, 5.41) is 9.02. The molecule has 0 bridgehead atoms. The van der Waals surface area contributed by atoms with Crippen LogP contribution in [0.15, 0.2) is 48.5 Å². The molecule has 0 saturated carbocycles. The molecule has 1 aliphatic carbocycles. The summed E-state index contributed by atoms with van der Waals surface area (Å²) >= 11 is 0. The van der Waals surface area contributed by atoms with E-state index in [2.05, 4.69) is 81.9 Å². The van der Waals surface area contributed by atoms with Crippen LogP contribution in [-0.2, 0) is 6.42 Å². The average Bonchev–Trinajstić information content (AvgIpc) is 2.99. The summed E-state index contributed by atoms with van der Waals surface area (Å²) in [4.78, 5) is 0. The zero-order valence-corrected chi connectivity index (χ0v) is 14.6. The lowest BCUT2D eigenvalue weighted by Gasteiger charge is -2.22. The van der Waals surface area contributed by atoms with E-state index in [9.17, 15) is 0 Å². The Kier molecular flexibility index (Phi) is 3.54. The van der Waals surface area contributed by atoms with Gasteiger partial charge in [0.05, 0.1) is 5.69 Å². The molecule has 3 aromatic rings. The van der Waals surface area contributed by atoms with Crippen LogP contribution in [-0.4, -0.2) is 15.0 Å². The van der Waals surface area contributed by atoms with E-state index in [0.717, 1.165) is 17.8 Å². The fraction of sp³-hybridized carbons (Fsp3) is 0.263. The van der Waals surface area contributed by atoms with Gasteiger partial charge in [-0.2, -0.15) is 0 Å². The van der Waals surface area contributed by atoms with Crippen LogP contribution in [0.1, 0.15) is 36.7 Å². The molecule has 0 amide bonds. The number of hydrogen-bond donors (Lipinski definition) is 0. The van der Waals surface area contributed by atoms with Crippen molar-refractivity contribution in [2.45, 2.75) is 32.0 Å². The van der Waals surface area contributed by atoms with Gasteiger partial charge in [-0.25, -0.2) is 4.68 Å². The van der Waals surface area contributed by atoms with Crippen molar-refractivity contribution < 1.29 is 0 Å². The molecule has 1 heterocycles. The maximum atomic E-state index is 4.56. The summed E-state index contributed by atoms with van der Waals surface area (Å²) in [6, 6.07) is 17.5. The van der Waals surface area contributed by atoms with Crippen LogP contribution in [0, 0.1) is 0 Å². The minimum absolute atomic E-state index is 0.276. The van der Waals surface area contributed by atoms with Gasteiger partial charge in [-0.3, -0.25) is 0 Å². The Hall–Kier alpha value is -1.99. The number of hydrogen-bond acceptors (Lipinski definition) is 2. The molecule has 0 fully saturated rings. The number of fused-ring (bicyclic) bond motifs is 5. The van der Waals surface area contributed by atoms with Crippen molar-refractivity contribution in [3.8, 4) is 22.5 Å². The average molecular weight is 321 g/mol. The van der Waals surface area contributed by atoms with Gasteiger partial charge in [0, 0.05) is 22.8 Å². The van der Waals surface area contributed by atoms with Gasteiger partial charge in [0.25, 0.3) is 0 Å². The predicted octanol–water partition coefficient (Wildman–Crippen LogP) is 4.67. The third-order valence-electron chi connectivity index (χ3n) is 4.51. The highest BCUT2D eigenvalue weighted by atomic mass is 31.0. The number of nitrogens with zero attached hydrogens (tertiary/aromatic N) is 3. The Balaban J connectivity index is 2.10. The quantitative estimate of drug-likeness (QED) is 0.610. The summed E-state index contributed by atoms with van der Waals surface area (Å²) in [6.45, 7) is 4.31. The van der Waals surface area contributed by atoms with Crippen LogP contribution in [0.25, 0.3) is 22.5 Å². The summed E-state index contributed by atoms with van der Waals surface area (Å²) in [6.07, 6.45) is 1.00. The normalized spacial score (nSPS) is 16.3. The molecular weight excluding hydrogens is 301 g/mol. The topological polar surface area (TPSA) is 30.7 Å². The van der Waals surface area contributed by atoms with Gasteiger partial charge in [0.1, 0.15) is 5.69 Å². The fourth-order valence-corrected chi connectivity index (χ4v) is 3.94. The van der Waals surface area contributed by atoms with Gasteiger partial charge < -0.3 is 0 Å². The number of aromatic nitrogens is 3. The molecule has 23 heavy (non-hydrogen) atoms. The molecule has 0 radical (unpaired) electrons. The summed E-state index contributed by atoms with van der Waals surface area (Å²) in [7, 11) is 3.00. The molecule has 1 aromatic heterocycles. The lowest BCUT2D eigenvalue weighted by molar-refractivity contribution is 0.519. The van der Waals surface area contributed by atoms with E-state index in [1.807, 2.05) is 4.68 Å². The minimum Gasteiger partial charge on any atom is -0.242 e. The first-order chi connectivity index (χ1) is 11.2. The highest BCUT2D eigenvalue weighted by Gasteiger charge is 2.26. The second-order valence-corrected chi connectivity index (χ2v) is 7.18. The Morgan fingerprint density at radius 2 is 1.74 bits per heavy atom. The zero-order chi connectivity index (χ0) is 16.0. The van der Waals surface area contributed by atoms with Crippen molar-refractivity contribution in [3.63, 3.8) is 0 Å². The van der Waals surface area contributed by atoms with Crippen molar-refractivity contribution in [1.82, 2.24) is 15.0 Å². The molecular formula is C19H20N3P. The Bertz CT molecular complexity index is 867. The fourth-order valence-electron chi connectivity index (χ4n) is 3.40. The highest BCUT2D eigenvalue weighted by molar-refractivity contribution is 7.17. The number of benzene rings is 2. The molecule has 2 unspecified atom stereocenters. The van der Waals surface area contributed by atoms with Crippen LogP contribution in [0.2, 0.25) is 0 Å². The first-order valence-electron chi connectivity index (χ1n) is 8.05. The van der Waals surface area contributed by atoms with Crippen LogP contribution in [0.3, 0.4) is 0 Å². The van der Waals surface area contributed by atoms with Gasteiger partial charge in [-0.15, -0.1) is 14.3 Å². The maximum absolute atomic E-state index is 4.56. The second kappa shape index (κ2) is 5.58. The van der Waals surface area contributed by atoms with Crippen molar-refractivity contribution in [2.24, 2.45) is 0 Å². The third-order valence-corrected chi connectivity index (χ3v) is 5.11. The summed E-state index contributed by atoms with van der Waals surface area (Å²) in [5.41, 5.74) is 7.64. The molecule has 3 nitrogen and oxygen atoms in total. The molecule has 4 rings (SSSR count).